The third kappa shape index (κ3) is 3.61. The number of hydrogen-bond donors (Lipinski definition) is 1. The van der Waals surface area contributed by atoms with E-state index in [0.717, 1.165) is 4.88 Å². The van der Waals surface area contributed by atoms with Gasteiger partial charge in [0.2, 0.25) is 5.91 Å². The van der Waals surface area contributed by atoms with Gasteiger partial charge >= 0.3 is 0 Å². The minimum Gasteiger partial charge on any atom is -0.495 e. The molecule has 1 amide bonds. The van der Waals surface area contributed by atoms with Crippen LogP contribution in [0.5, 0.6) is 5.75 Å². The minimum atomic E-state index is -0.766. The summed E-state index contributed by atoms with van der Waals surface area (Å²) in [7, 11) is 1.53. The Morgan fingerprint density at radius 1 is 1.20 bits per heavy atom. The van der Waals surface area contributed by atoms with E-state index in [9.17, 15) is 9.59 Å². The first-order valence-corrected chi connectivity index (χ1v) is 8.55. The molecule has 1 aromatic carbocycles. The molecule has 3 aromatic rings. The number of rotatable bonds is 5. The first kappa shape index (κ1) is 16.9. The van der Waals surface area contributed by atoms with Gasteiger partial charge in [-0.15, -0.1) is 11.3 Å². The Hall–Kier alpha value is -2.93. The highest BCUT2D eigenvalue weighted by Gasteiger charge is 2.19. The van der Waals surface area contributed by atoms with Crippen LogP contribution in [0.2, 0.25) is 0 Å². The average molecular weight is 355 g/mol. The molecule has 0 spiro atoms. The Morgan fingerprint density at radius 3 is 2.72 bits per heavy atom. The second-order valence-corrected chi connectivity index (χ2v) is 6.29. The maximum absolute atomic E-state index is 12.6. The Labute approximate surface area is 148 Å². The van der Waals surface area contributed by atoms with E-state index in [0.29, 0.717) is 17.1 Å². The van der Waals surface area contributed by atoms with Gasteiger partial charge in [-0.1, -0.05) is 18.2 Å². The summed E-state index contributed by atoms with van der Waals surface area (Å²) in [6.07, 6.45) is 0. The van der Waals surface area contributed by atoms with Crippen molar-refractivity contribution < 1.29 is 9.53 Å². The molecule has 0 aliphatic heterocycles. The molecule has 0 aliphatic rings. The van der Waals surface area contributed by atoms with Gasteiger partial charge in [-0.05, 0) is 36.6 Å². The maximum atomic E-state index is 12.6. The van der Waals surface area contributed by atoms with Crippen molar-refractivity contribution in [1.82, 2.24) is 9.78 Å². The third-order valence-electron chi connectivity index (χ3n) is 3.71. The van der Waals surface area contributed by atoms with Gasteiger partial charge in [-0.2, -0.15) is 5.10 Å². The van der Waals surface area contributed by atoms with E-state index in [2.05, 4.69) is 10.4 Å². The van der Waals surface area contributed by atoms with Gasteiger partial charge in [0.05, 0.1) is 17.7 Å². The molecule has 1 atom stereocenters. The summed E-state index contributed by atoms with van der Waals surface area (Å²) in [4.78, 5) is 25.7. The van der Waals surface area contributed by atoms with Gasteiger partial charge in [0.1, 0.15) is 17.5 Å². The van der Waals surface area contributed by atoms with Crippen molar-refractivity contribution in [3.63, 3.8) is 0 Å². The van der Waals surface area contributed by atoms with Crippen molar-refractivity contribution in [3.05, 3.63) is 64.3 Å². The number of nitrogens with one attached hydrogen (secondary N) is 1. The molecule has 0 fully saturated rings. The van der Waals surface area contributed by atoms with Crippen molar-refractivity contribution >= 4 is 22.9 Å². The Balaban J connectivity index is 1.87. The van der Waals surface area contributed by atoms with Crippen LogP contribution in [0.4, 0.5) is 5.69 Å². The summed E-state index contributed by atoms with van der Waals surface area (Å²) >= 11 is 1.52. The molecule has 0 saturated carbocycles. The maximum Gasteiger partial charge on any atom is 0.267 e. The number of carbonyl (C=O) groups is 1. The molecule has 1 unspecified atom stereocenters. The average Bonchev–Trinajstić information content (AvgIpc) is 3.16. The van der Waals surface area contributed by atoms with Crippen LogP contribution in [0.1, 0.15) is 13.0 Å². The zero-order valence-corrected chi connectivity index (χ0v) is 14.6. The number of ether oxygens (including phenoxy) is 1. The highest BCUT2D eigenvalue weighted by Crippen LogP contribution is 2.24. The lowest BCUT2D eigenvalue weighted by atomic mass is 10.2. The highest BCUT2D eigenvalue weighted by atomic mass is 32.1. The van der Waals surface area contributed by atoms with Gasteiger partial charge in [0.25, 0.3) is 5.56 Å². The van der Waals surface area contributed by atoms with Gasteiger partial charge < -0.3 is 10.1 Å². The van der Waals surface area contributed by atoms with E-state index in [1.54, 1.807) is 31.2 Å². The molecule has 1 N–H and O–H groups in total. The van der Waals surface area contributed by atoms with Crippen LogP contribution < -0.4 is 15.6 Å². The number of methoxy groups -OCH3 is 1. The topological polar surface area (TPSA) is 73.2 Å². The molecule has 128 valence electrons. The number of para-hydroxylation sites is 2. The smallest absolute Gasteiger partial charge is 0.267 e. The molecule has 0 aliphatic carbocycles. The van der Waals surface area contributed by atoms with Crippen molar-refractivity contribution in [1.29, 1.82) is 0 Å². The van der Waals surface area contributed by atoms with Crippen LogP contribution in [0.15, 0.2) is 58.7 Å². The van der Waals surface area contributed by atoms with Crippen LogP contribution in [0.25, 0.3) is 10.6 Å². The molecule has 6 nitrogen and oxygen atoms in total. The molecule has 2 aromatic heterocycles. The van der Waals surface area contributed by atoms with Crippen molar-refractivity contribution in [2.24, 2.45) is 0 Å². The van der Waals surface area contributed by atoms with E-state index >= 15 is 0 Å². The molecular formula is C18H17N3O3S. The van der Waals surface area contributed by atoms with Crippen LogP contribution in [-0.2, 0) is 4.79 Å². The number of carbonyl (C=O) groups excluding carboxylic acids is 1. The molecule has 0 bridgehead atoms. The summed E-state index contributed by atoms with van der Waals surface area (Å²) in [5.41, 5.74) is 0.874. The Morgan fingerprint density at radius 2 is 2.00 bits per heavy atom. The number of benzene rings is 1. The Bertz CT molecular complexity index is 935. The summed E-state index contributed by atoms with van der Waals surface area (Å²) in [5, 5.41) is 9.06. The fourth-order valence-corrected chi connectivity index (χ4v) is 3.05. The largest absolute Gasteiger partial charge is 0.495 e. The lowest BCUT2D eigenvalue weighted by Crippen LogP contribution is -2.33. The highest BCUT2D eigenvalue weighted by molar-refractivity contribution is 7.13. The van der Waals surface area contributed by atoms with Crippen LogP contribution in [0, 0.1) is 0 Å². The number of nitrogens with zero attached hydrogens (tertiary/aromatic N) is 2. The fraction of sp³-hybridized carbons (Fsp3) is 0.167. The molecule has 2 heterocycles. The lowest BCUT2D eigenvalue weighted by Gasteiger charge is -2.16. The van der Waals surface area contributed by atoms with Crippen LogP contribution in [-0.4, -0.2) is 22.8 Å². The number of anilines is 1. The monoisotopic (exact) mass is 355 g/mol. The molecule has 3 rings (SSSR count). The van der Waals surface area contributed by atoms with E-state index < -0.39 is 6.04 Å². The minimum absolute atomic E-state index is 0.331. The molecule has 0 saturated heterocycles. The second kappa shape index (κ2) is 7.31. The van der Waals surface area contributed by atoms with Crippen molar-refractivity contribution in [2.45, 2.75) is 13.0 Å². The molecule has 7 heteroatoms. The summed E-state index contributed by atoms with van der Waals surface area (Å²) in [5.74, 6) is 0.207. The van der Waals surface area contributed by atoms with Crippen molar-refractivity contribution in [3.8, 4) is 16.3 Å². The first-order valence-electron chi connectivity index (χ1n) is 7.68. The van der Waals surface area contributed by atoms with E-state index in [4.69, 9.17) is 4.74 Å². The SMILES string of the molecule is COc1ccccc1NC(=O)C(C)n1nc(-c2cccs2)ccc1=O. The normalized spacial score (nSPS) is 11.8. The molecule has 25 heavy (non-hydrogen) atoms. The lowest BCUT2D eigenvalue weighted by molar-refractivity contribution is -0.119. The van der Waals surface area contributed by atoms with Gasteiger partial charge in [-0.25, -0.2) is 4.68 Å². The zero-order chi connectivity index (χ0) is 17.8. The number of aromatic nitrogens is 2. The van der Waals surface area contributed by atoms with Gasteiger partial charge in [0.15, 0.2) is 0 Å². The molecular weight excluding hydrogens is 338 g/mol. The number of amides is 1. The second-order valence-electron chi connectivity index (χ2n) is 5.34. The summed E-state index contributed by atoms with van der Waals surface area (Å²) in [6, 6.07) is 13.3. The van der Waals surface area contributed by atoms with Crippen LogP contribution in [0.3, 0.4) is 0 Å². The number of hydrogen-bond acceptors (Lipinski definition) is 5. The predicted molar refractivity (Wildman–Crippen MR) is 98.1 cm³/mol. The zero-order valence-electron chi connectivity index (χ0n) is 13.8. The first-order chi connectivity index (χ1) is 12.1. The van der Waals surface area contributed by atoms with Gasteiger partial charge in [-0.3, -0.25) is 9.59 Å². The van der Waals surface area contributed by atoms with E-state index in [1.807, 2.05) is 23.6 Å². The standard InChI is InChI=1S/C18H17N3O3S/c1-12(18(23)19-13-6-3-4-7-15(13)24-2)21-17(22)10-9-14(20-21)16-8-5-11-25-16/h3-12H,1-2H3,(H,19,23). The summed E-state index contributed by atoms with van der Waals surface area (Å²) < 4.78 is 6.42. The van der Waals surface area contributed by atoms with E-state index in [-0.39, 0.29) is 11.5 Å². The third-order valence-corrected chi connectivity index (χ3v) is 4.60. The molecule has 0 radical (unpaired) electrons. The number of thiophene rings is 1. The quantitative estimate of drug-likeness (QED) is 0.763. The predicted octanol–water partition coefficient (Wildman–Crippen LogP) is 3.18. The fourth-order valence-electron chi connectivity index (χ4n) is 2.35. The Kier molecular flexibility index (Phi) is 4.95. The van der Waals surface area contributed by atoms with Gasteiger partial charge in [0, 0.05) is 6.07 Å². The van der Waals surface area contributed by atoms with E-state index in [1.165, 1.54) is 29.2 Å². The van der Waals surface area contributed by atoms with Crippen molar-refractivity contribution in [2.75, 3.05) is 12.4 Å². The van der Waals surface area contributed by atoms with Crippen LogP contribution >= 0.6 is 11.3 Å². The summed E-state index contributed by atoms with van der Waals surface area (Å²) in [6.45, 7) is 1.64.